The number of hydrogen-bond donors (Lipinski definition) is 1. The Balaban J connectivity index is 2.14. The molecule has 0 aliphatic carbocycles. The van der Waals surface area contributed by atoms with Gasteiger partial charge < -0.3 is 10.1 Å². The lowest BCUT2D eigenvalue weighted by atomic mass is 9.85. The molecule has 0 radical (unpaired) electrons. The van der Waals surface area contributed by atoms with Crippen LogP contribution in [0.5, 0.6) is 0 Å². The molecule has 0 fully saturated rings. The van der Waals surface area contributed by atoms with Crippen LogP contribution < -0.4 is 5.32 Å². The molecule has 26 heavy (non-hydrogen) atoms. The zero-order chi connectivity index (χ0) is 19.0. The van der Waals surface area contributed by atoms with Gasteiger partial charge in [-0.2, -0.15) is 0 Å². The molecular formula is C22H25NO3. The van der Waals surface area contributed by atoms with Gasteiger partial charge in [0.15, 0.2) is 0 Å². The summed E-state index contributed by atoms with van der Waals surface area (Å²) in [6.07, 6.45) is 4.71. The second kappa shape index (κ2) is 8.99. The van der Waals surface area contributed by atoms with E-state index >= 15 is 0 Å². The van der Waals surface area contributed by atoms with Gasteiger partial charge >= 0.3 is 5.97 Å². The fourth-order valence-corrected chi connectivity index (χ4v) is 2.68. The maximum absolute atomic E-state index is 12.5. The van der Waals surface area contributed by atoms with Crippen molar-refractivity contribution in [2.45, 2.75) is 25.8 Å². The first-order chi connectivity index (χ1) is 12.5. The molecule has 0 saturated carbocycles. The van der Waals surface area contributed by atoms with Crippen LogP contribution in [0.3, 0.4) is 0 Å². The molecule has 136 valence electrons. The van der Waals surface area contributed by atoms with Crippen molar-refractivity contribution in [2.24, 2.45) is 5.92 Å². The van der Waals surface area contributed by atoms with E-state index < -0.39 is 11.5 Å². The average Bonchev–Trinajstić information content (AvgIpc) is 2.68. The van der Waals surface area contributed by atoms with Gasteiger partial charge in [0.25, 0.3) is 5.91 Å². The molecule has 2 rings (SSSR count). The zero-order valence-corrected chi connectivity index (χ0v) is 15.4. The standard InChI is InChI=1S/C22H25NO3/c1-17(11-10-14-18-12-6-4-7-13-18)22(2,21(25)26-3)23-20(24)19-15-8-5-9-16-19/h4-13,15-17H,14H2,1-3H3,(H,23,24)/b11-10+/t17-,22+/m0/s1. The predicted octanol–water partition coefficient (Wildman–Crippen LogP) is 3.78. The van der Waals surface area contributed by atoms with Crippen LogP contribution in [0, 0.1) is 5.92 Å². The molecule has 4 heteroatoms. The molecule has 0 aliphatic heterocycles. The van der Waals surface area contributed by atoms with E-state index in [4.69, 9.17) is 4.74 Å². The monoisotopic (exact) mass is 351 g/mol. The molecular weight excluding hydrogens is 326 g/mol. The number of esters is 1. The first-order valence-corrected chi connectivity index (χ1v) is 8.64. The van der Waals surface area contributed by atoms with Crippen LogP contribution in [0.2, 0.25) is 0 Å². The van der Waals surface area contributed by atoms with Crippen molar-refractivity contribution >= 4 is 11.9 Å². The van der Waals surface area contributed by atoms with Crippen LogP contribution in [0.1, 0.15) is 29.8 Å². The Bertz CT molecular complexity index is 755. The molecule has 4 nitrogen and oxygen atoms in total. The van der Waals surface area contributed by atoms with Crippen LogP contribution in [0.25, 0.3) is 0 Å². The van der Waals surface area contributed by atoms with Crippen molar-refractivity contribution in [1.82, 2.24) is 5.32 Å². The maximum Gasteiger partial charge on any atom is 0.331 e. The van der Waals surface area contributed by atoms with Crippen molar-refractivity contribution in [1.29, 1.82) is 0 Å². The van der Waals surface area contributed by atoms with Gasteiger partial charge in [-0.25, -0.2) is 4.79 Å². The topological polar surface area (TPSA) is 55.4 Å². The normalized spacial score (nSPS) is 14.4. The highest BCUT2D eigenvalue weighted by Gasteiger charge is 2.40. The van der Waals surface area contributed by atoms with Crippen LogP contribution in [0.4, 0.5) is 0 Å². The number of ether oxygens (including phenoxy) is 1. The van der Waals surface area contributed by atoms with E-state index in [2.05, 4.69) is 5.32 Å². The lowest BCUT2D eigenvalue weighted by molar-refractivity contribution is -0.148. The number of hydrogen-bond acceptors (Lipinski definition) is 3. The molecule has 2 aromatic carbocycles. The smallest absolute Gasteiger partial charge is 0.331 e. The summed E-state index contributed by atoms with van der Waals surface area (Å²) in [5.41, 5.74) is 0.529. The number of carbonyl (C=O) groups is 2. The summed E-state index contributed by atoms with van der Waals surface area (Å²) in [4.78, 5) is 24.9. The number of carbonyl (C=O) groups excluding carboxylic acids is 2. The van der Waals surface area contributed by atoms with E-state index in [9.17, 15) is 9.59 Å². The van der Waals surface area contributed by atoms with Gasteiger partial charge in [-0.15, -0.1) is 0 Å². The molecule has 0 aliphatic rings. The number of rotatable bonds is 7. The van der Waals surface area contributed by atoms with Crippen LogP contribution in [0.15, 0.2) is 72.8 Å². The van der Waals surface area contributed by atoms with Gasteiger partial charge in [0.05, 0.1) is 7.11 Å². The van der Waals surface area contributed by atoms with Crippen molar-refractivity contribution in [3.05, 3.63) is 83.9 Å². The third-order valence-electron chi connectivity index (χ3n) is 4.55. The summed E-state index contributed by atoms with van der Waals surface area (Å²) in [7, 11) is 1.33. The number of nitrogens with one attached hydrogen (secondary N) is 1. The highest BCUT2D eigenvalue weighted by molar-refractivity contribution is 5.98. The summed E-state index contributed by atoms with van der Waals surface area (Å²) in [5, 5.41) is 2.84. The third-order valence-corrected chi connectivity index (χ3v) is 4.55. The summed E-state index contributed by atoms with van der Waals surface area (Å²) in [6, 6.07) is 18.9. The van der Waals surface area contributed by atoms with Crippen LogP contribution in [-0.2, 0) is 16.0 Å². The van der Waals surface area contributed by atoms with E-state index in [1.54, 1.807) is 31.2 Å². The summed E-state index contributed by atoms with van der Waals surface area (Å²) in [6.45, 7) is 3.58. The Labute approximate surface area is 154 Å². The van der Waals surface area contributed by atoms with Crippen molar-refractivity contribution in [3.63, 3.8) is 0 Å². The minimum absolute atomic E-state index is 0.244. The Morgan fingerprint density at radius 2 is 1.65 bits per heavy atom. The second-order valence-electron chi connectivity index (χ2n) is 6.42. The number of methoxy groups -OCH3 is 1. The quantitative estimate of drug-likeness (QED) is 0.610. The molecule has 0 aromatic heterocycles. The van der Waals surface area contributed by atoms with Gasteiger partial charge in [-0.05, 0) is 31.0 Å². The molecule has 0 saturated heterocycles. The molecule has 1 N–H and O–H groups in total. The Morgan fingerprint density at radius 1 is 1.08 bits per heavy atom. The fraction of sp³-hybridized carbons (Fsp3) is 0.273. The summed E-state index contributed by atoms with van der Waals surface area (Å²) in [5.74, 6) is -1.02. The highest BCUT2D eigenvalue weighted by Crippen LogP contribution is 2.21. The lowest BCUT2D eigenvalue weighted by Crippen LogP contribution is -2.56. The van der Waals surface area contributed by atoms with Crippen molar-refractivity contribution in [2.75, 3.05) is 7.11 Å². The Hall–Kier alpha value is -2.88. The molecule has 0 unspecified atom stereocenters. The van der Waals surface area contributed by atoms with E-state index in [1.165, 1.54) is 12.7 Å². The number of benzene rings is 2. The summed E-state index contributed by atoms with van der Waals surface area (Å²) < 4.78 is 4.95. The molecule has 2 aromatic rings. The maximum atomic E-state index is 12.5. The minimum atomic E-state index is -1.16. The van der Waals surface area contributed by atoms with Gasteiger partial charge in [0.2, 0.25) is 0 Å². The highest BCUT2D eigenvalue weighted by atomic mass is 16.5. The van der Waals surface area contributed by atoms with Crippen LogP contribution >= 0.6 is 0 Å². The lowest BCUT2D eigenvalue weighted by Gasteiger charge is -2.32. The van der Waals surface area contributed by atoms with E-state index in [0.717, 1.165) is 6.42 Å². The summed E-state index contributed by atoms with van der Waals surface area (Å²) >= 11 is 0. The molecule has 1 amide bonds. The van der Waals surface area contributed by atoms with Gasteiger partial charge in [0.1, 0.15) is 5.54 Å². The third kappa shape index (κ3) is 4.82. The molecule has 2 atom stereocenters. The molecule has 0 bridgehead atoms. The van der Waals surface area contributed by atoms with Gasteiger partial charge in [0, 0.05) is 11.5 Å². The van der Waals surface area contributed by atoms with Gasteiger partial charge in [-0.3, -0.25) is 4.79 Å². The Morgan fingerprint density at radius 3 is 2.23 bits per heavy atom. The average molecular weight is 351 g/mol. The first kappa shape index (κ1) is 19.4. The van der Waals surface area contributed by atoms with Crippen molar-refractivity contribution < 1.29 is 14.3 Å². The SMILES string of the molecule is COC(=O)[C@](C)(NC(=O)c1ccccc1)[C@@H](C)/C=C/Cc1ccccc1. The van der Waals surface area contributed by atoms with Gasteiger partial charge in [-0.1, -0.05) is 67.6 Å². The molecule has 0 spiro atoms. The largest absolute Gasteiger partial charge is 0.467 e. The molecule has 0 heterocycles. The van der Waals surface area contributed by atoms with Crippen LogP contribution in [-0.4, -0.2) is 24.5 Å². The predicted molar refractivity (Wildman–Crippen MR) is 103 cm³/mol. The van der Waals surface area contributed by atoms with E-state index in [0.29, 0.717) is 5.56 Å². The zero-order valence-electron chi connectivity index (χ0n) is 15.4. The van der Waals surface area contributed by atoms with E-state index in [-0.39, 0.29) is 11.8 Å². The fourth-order valence-electron chi connectivity index (χ4n) is 2.68. The minimum Gasteiger partial charge on any atom is -0.467 e. The van der Waals surface area contributed by atoms with E-state index in [1.807, 2.05) is 55.5 Å². The van der Waals surface area contributed by atoms with Crippen molar-refractivity contribution in [3.8, 4) is 0 Å². The Kier molecular flexibility index (Phi) is 6.73. The number of allylic oxidation sites excluding steroid dienone is 1. The number of amides is 1. The first-order valence-electron chi connectivity index (χ1n) is 8.64. The second-order valence-corrected chi connectivity index (χ2v) is 6.42.